The predicted octanol–water partition coefficient (Wildman–Crippen LogP) is 3.62. The molecule has 1 aliphatic rings. The van der Waals surface area contributed by atoms with Gasteiger partial charge in [-0.05, 0) is 71.0 Å². The molecule has 0 bridgehead atoms. The van der Waals surface area contributed by atoms with E-state index in [1.165, 1.54) is 32.7 Å². The van der Waals surface area contributed by atoms with Gasteiger partial charge >= 0.3 is 0 Å². The van der Waals surface area contributed by atoms with Gasteiger partial charge in [0.15, 0.2) is 23.4 Å². The van der Waals surface area contributed by atoms with Crippen LogP contribution in [-0.2, 0) is 11.2 Å². The molecule has 6 heteroatoms. The quantitative estimate of drug-likeness (QED) is 0.534. The summed E-state index contributed by atoms with van der Waals surface area (Å²) in [6.07, 6.45) is 5.55. The van der Waals surface area contributed by atoms with Gasteiger partial charge in [-0.25, -0.2) is 0 Å². The average Bonchev–Trinajstić information content (AvgIpc) is 2.71. The number of methoxy groups -OCH3 is 1. The van der Waals surface area contributed by atoms with Crippen LogP contribution in [0.4, 0.5) is 0 Å². The molecular weight excluding hydrogens is 370 g/mol. The van der Waals surface area contributed by atoms with Crippen molar-refractivity contribution in [3.8, 4) is 17.2 Å². The third kappa shape index (κ3) is 7.19. The summed E-state index contributed by atoms with van der Waals surface area (Å²) in [4.78, 5) is 14.2. The van der Waals surface area contributed by atoms with E-state index in [4.69, 9.17) is 14.2 Å². The van der Waals surface area contributed by atoms with Crippen LogP contribution < -0.4 is 14.2 Å². The lowest BCUT2D eigenvalue weighted by Crippen LogP contribution is -2.38. The van der Waals surface area contributed by atoms with Gasteiger partial charge in [0.2, 0.25) is 0 Å². The maximum atomic E-state index is 11.6. The van der Waals surface area contributed by atoms with E-state index in [0.29, 0.717) is 42.7 Å². The molecule has 0 amide bonds. The molecule has 1 aromatic carbocycles. The summed E-state index contributed by atoms with van der Waals surface area (Å²) in [5.41, 5.74) is 0.901. The highest BCUT2D eigenvalue weighted by molar-refractivity contribution is 5.80. The molecule has 1 heterocycles. The molecule has 0 aliphatic carbocycles. The van der Waals surface area contributed by atoms with E-state index in [1.54, 1.807) is 14.0 Å². The number of aliphatic hydroxyl groups is 1. The van der Waals surface area contributed by atoms with Crippen molar-refractivity contribution in [1.29, 1.82) is 0 Å². The number of benzene rings is 1. The number of hydrogen-bond acceptors (Lipinski definition) is 6. The molecule has 0 aromatic heterocycles. The molecule has 0 saturated carbocycles. The van der Waals surface area contributed by atoms with Gasteiger partial charge in [0, 0.05) is 25.3 Å². The van der Waals surface area contributed by atoms with Gasteiger partial charge in [0.1, 0.15) is 5.75 Å². The number of likely N-dealkylation sites (tertiary alicyclic amines) is 1. The first-order chi connectivity index (χ1) is 14.0. The third-order valence-electron chi connectivity index (χ3n) is 5.62. The number of rotatable bonds is 12. The van der Waals surface area contributed by atoms with E-state index in [1.807, 2.05) is 12.1 Å². The highest BCUT2D eigenvalue weighted by Gasteiger charge is 2.19. The first kappa shape index (κ1) is 23.5. The van der Waals surface area contributed by atoms with Gasteiger partial charge in [0.05, 0.1) is 13.7 Å². The minimum atomic E-state index is -0.537. The van der Waals surface area contributed by atoms with Crippen LogP contribution in [-0.4, -0.2) is 61.3 Å². The van der Waals surface area contributed by atoms with Crippen molar-refractivity contribution in [2.75, 3.05) is 33.4 Å². The van der Waals surface area contributed by atoms with E-state index in [2.05, 4.69) is 11.8 Å². The Morgan fingerprint density at radius 1 is 1.24 bits per heavy atom. The lowest BCUT2D eigenvalue weighted by molar-refractivity contribution is -0.122. The maximum absolute atomic E-state index is 11.6. The molecule has 6 nitrogen and oxygen atoms in total. The van der Waals surface area contributed by atoms with Gasteiger partial charge in [-0.2, -0.15) is 0 Å². The molecule has 1 aromatic rings. The van der Waals surface area contributed by atoms with Gasteiger partial charge in [-0.15, -0.1) is 0 Å². The normalized spacial score (nSPS) is 18.3. The van der Waals surface area contributed by atoms with E-state index >= 15 is 0 Å². The molecule has 1 fully saturated rings. The molecule has 2 rings (SSSR count). The number of carbonyl (C=O) groups is 1. The molecule has 1 aliphatic heterocycles. The number of ether oxygens (including phenoxy) is 3. The van der Waals surface area contributed by atoms with E-state index in [0.717, 1.165) is 18.5 Å². The number of ketones is 1. The molecule has 2 unspecified atom stereocenters. The number of piperidine rings is 1. The van der Waals surface area contributed by atoms with E-state index < -0.39 is 6.10 Å². The van der Waals surface area contributed by atoms with Crippen LogP contribution in [0.2, 0.25) is 0 Å². The summed E-state index contributed by atoms with van der Waals surface area (Å²) in [6.45, 7) is 8.44. The molecule has 2 atom stereocenters. The van der Waals surface area contributed by atoms with Crippen LogP contribution in [0, 0.1) is 0 Å². The summed E-state index contributed by atoms with van der Waals surface area (Å²) in [5, 5.41) is 9.18. The molecule has 164 valence electrons. The highest BCUT2D eigenvalue weighted by atomic mass is 16.5. The van der Waals surface area contributed by atoms with Crippen molar-refractivity contribution >= 4 is 5.78 Å². The second kappa shape index (κ2) is 12.0. The monoisotopic (exact) mass is 407 g/mol. The molecular formula is C23H37NO5. The lowest BCUT2D eigenvalue weighted by atomic mass is 10.0. The highest BCUT2D eigenvalue weighted by Crippen LogP contribution is 2.36. The van der Waals surface area contributed by atoms with Gasteiger partial charge in [-0.3, -0.25) is 4.79 Å². The van der Waals surface area contributed by atoms with Crippen molar-refractivity contribution in [1.82, 2.24) is 4.90 Å². The zero-order valence-corrected chi connectivity index (χ0v) is 18.4. The summed E-state index contributed by atoms with van der Waals surface area (Å²) < 4.78 is 17.4. The van der Waals surface area contributed by atoms with Gasteiger partial charge < -0.3 is 24.2 Å². The molecule has 0 spiro atoms. The Labute approximate surface area is 175 Å². The minimum Gasteiger partial charge on any atom is -0.493 e. The molecule has 1 saturated heterocycles. The SMILES string of the molecule is COc1cc(CCCO)c(OC(C)C(C)=O)cc1OCCCN1CCCCC1C. The van der Waals surface area contributed by atoms with Crippen LogP contribution in [0.25, 0.3) is 0 Å². The average molecular weight is 408 g/mol. The smallest absolute Gasteiger partial charge is 0.169 e. The number of aryl methyl sites for hydroxylation is 1. The van der Waals surface area contributed by atoms with Gasteiger partial charge in [-0.1, -0.05) is 6.42 Å². The van der Waals surface area contributed by atoms with Crippen molar-refractivity contribution in [2.45, 2.75) is 71.4 Å². The number of hydrogen-bond donors (Lipinski definition) is 1. The van der Waals surface area contributed by atoms with Gasteiger partial charge in [0.25, 0.3) is 0 Å². The molecule has 0 radical (unpaired) electrons. The number of Topliss-reactive ketones (excluding diaryl/α,β-unsaturated/α-hetero) is 1. The van der Waals surface area contributed by atoms with E-state index in [-0.39, 0.29) is 12.4 Å². The molecule has 1 N–H and O–H groups in total. The number of nitrogens with zero attached hydrogens (tertiary/aromatic N) is 1. The minimum absolute atomic E-state index is 0.0351. The van der Waals surface area contributed by atoms with Crippen molar-refractivity contribution in [3.63, 3.8) is 0 Å². The maximum Gasteiger partial charge on any atom is 0.169 e. The number of aliphatic hydroxyl groups excluding tert-OH is 1. The number of carbonyl (C=O) groups excluding carboxylic acids is 1. The summed E-state index contributed by atoms with van der Waals surface area (Å²) >= 11 is 0. The Morgan fingerprint density at radius 2 is 2.03 bits per heavy atom. The van der Waals surface area contributed by atoms with Crippen LogP contribution in [0.1, 0.15) is 58.4 Å². The first-order valence-electron chi connectivity index (χ1n) is 10.8. The van der Waals surface area contributed by atoms with Crippen LogP contribution in [0.15, 0.2) is 12.1 Å². The predicted molar refractivity (Wildman–Crippen MR) is 114 cm³/mol. The first-order valence-corrected chi connectivity index (χ1v) is 10.8. The van der Waals surface area contributed by atoms with Crippen molar-refractivity contribution in [3.05, 3.63) is 17.7 Å². The lowest BCUT2D eigenvalue weighted by Gasteiger charge is -2.33. The van der Waals surface area contributed by atoms with Crippen LogP contribution in [0.5, 0.6) is 17.2 Å². The fourth-order valence-electron chi connectivity index (χ4n) is 3.64. The zero-order chi connectivity index (χ0) is 21.2. The standard InChI is InChI=1S/C23H37NO5/c1-17-9-5-6-11-24(17)12-8-14-28-23-16-21(29-19(3)18(2)26)20(10-7-13-25)15-22(23)27-4/h15-17,19,25H,5-14H2,1-4H3. The van der Waals surface area contributed by atoms with Crippen LogP contribution in [0.3, 0.4) is 0 Å². The Balaban J connectivity index is 2.05. The Hall–Kier alpha value is -1.79. The second-order valence-electron chi connectivity index (χ2n) is 7.89. The Morgan fingerprint density at radius 3 is 2.69 bits per heavy atom. The summed E-state index contributed by atoms with van der Waals surface area (Å²) in [6, 6.07) is 4.35. The topological polar surface area (TPSA) is 68.2 Å². The Bertz CT molecular complexity index is 648. The second-order valence-corrected chi connectivity index (χ2v) is 7.89. The fraction of sp³-hybridized carbons (Fsp3) is 0.696. The summed E-state index contributed by atoms with van der Waals surface area (Å²) in [5.74, 6) is 1.85. The summed E-state index contributed by atoms with van der Waals surface area (Å²) in [7, 11) is 1.62. The third-order valence-corrected chi connectivity index (χ3v) is 5.62. The largest absolute Gasteiger partial charge is 0.493 e. The fourth-order valence-corrected chi connectivity index (χ4v) is 3.64. The molecule has 29 heavy (non-hydrogen) atoms. The van der Waals surface area contributed by atoms with E-state index in [9.17, 15) is 9.90 Å². The van der Waals surface area contributed by atoms with Crippen molar-refractivity contribution < 1.29 is 24.1 Å². The Kier molecular flexibility index (Phi) is 9.74. The zero-order valence-electron chi connectivity index (χ0n) is 18.4. The van der Waals surface area contributed by atoms with Crippen LogP contribution >= 0.6 is 0 Å². The van der Waals surface area contributed by atoms with Crippen molar-refractivity contribution in [2.24, 2.45) is 0 Å².